The van der Waals surface area contributed by atoms with Crippen LogP contribution >= 0.6 is 0 Å². The number of Topliss-reactive ketones (excluding diaryl/α,β-unsaturated/α-hetero) is 1. The molecule has 554 valence electrons. The lowest BCUT2D eigenvalue weighted by molar-refractivity contribution is -0.151. The molecule has 25 heteroatoms. The van der Waals surface area contributed by atoms with Crippen LogP contribution in [0.2, 0.25) is 0 Å². The summed E-state index contributed by atoms with van der Waals surface area (Å²) in [4.78, 5) is 184. The van der Waals surface area contributed by atoms with Gasteiger partial charge in [0.2, 0.25) is 59.1 Å². The molecule has 0 aliphatic carbocycles. The van der Waals surface area contributed by atoms with E-state index in [1.54, 1.807) is 58.7 Å². The van der Waals surface area contributed by atoms with Crippen molar-refractivity contribution in [2.45, 2.75) is 209 Å². The van der Waals surface area contributed by atoms with Crippen LogP contribution < -0.4 is 21.3 Å². The van der Waals surface area contributed by atoms with E-state index in [0.717, 1.165) is 20.9 Å². The Kier molecular flexibility index (Phi) is 34.0. The number of aliphatic hydroxyl groups is 1. The molecule has 2 aromatic carbocycles. The quantitative estimate of drug-likeness (QED) is 0.155. The summed E-state index contributed by atoms with van der Waals surface area (Å²) in [5.41, 5.74) is 0.710. The van der Waals surface area contributed by atoms with Gasteiger partial charge in [0.15, 0.2) is 5.78 Å². The van der Waals surface area contributed by atoms with Crippen LogP contribution in [-0.2, 0) is 75.1 Å². The topological polar surface area (TPSA) is 305 Å². The van der Waals surface area contributed by atoms with Gasteiger partial charge in [-0.1, -0.05) is 129 Å². The lowest BCUT2D eigenvalue weighted by Gasteiger charge is -2.37. The molecule has 1 fully saturated rings. The molecule has 1 aliphatic rings. The summed E-state index contributed by atoms with van der Waals surface area (Å²) in [5.74, 6) is -11.7. The number of carbonyl (C=O) groups excluding carboxylic acids is 12. The maximum absolute atomic E-state index is 15.1. The van der Waals surface area contributed by atoms with Crippen LogP contribution in [0.15, 0.2) is 60.7 Å². The average molecular weight is 1390 g/mol. The normalized spacial score (nSPS) is 26.2. The van der Waals surface area contributed by atoms with Gasteiger partial charge in [-0.25, -0.2) is 0 Å². The molecule has 0 unspecified atom stereocenters. The van der Waals surface area contributed by atoms with Crippen molar-refractivity contribution in [3.8, 4) is 0 Å². The van der Waals surface area contributed by atoms with E-state index in [-0.39, 0.29) is 81.9 Å². The highest BCUT2D eigenvalue weighted by Crippen LogP contribution is 2.24. The Morgan fingerprint density at radius 3 is 1.45 bits per heavy atom. The van der Waals surface area contributed by atoms with Crippen molar-refractivity contribution in [1.82, 2.24) is 55.6 Å². The first-order valence-electron chi connectivity index (χ1n) is 35.0. The lowest BCUT2D eigenvalue weighted by Crippen LogP contribution is -2.61. The van der Waals surface area contributed by atoms with E-state index in [1.807, 2.05) is 97.0 Å². The van der Waals surface area contributed by atoms with E-state index in [0.29, 0.717) is 6.42 Å². The minimum atomic E-state index is -1.62. The van der Waals surface area contributed by atoms with Crippen LogP contribution in [0.4, 0.5) is 0 Å². The number of hydrogen-bond donors (Lipinski definition) is 5. The van der Waals surface area contributed by atoms with Crippen molar-refractivity contribution in [2.75, 3.05) is 75.6 Å². The highest BCUT2D eigenvalue weighted by atomic mass is 16.5. The summed E-state index contributed by atoms with van der Waals surface area (Å²) in [5, 5.41) is 22.3. The number of nitrogens with zero attached hydrogens (tertiary/aromatic N) is 7. The third-order valence-electron chi connectivity index (χ3n) is 18.6. The number of aliphatic hydroxyl groups excluding tert-OH is 1. The molecule has 5 N–H and O–H groups in total. The predicted octanol–water partition coefficient (Wildman–Crippen LogP) is 4.36. The number of hydrogen-bond acceptors (Lipinski definition) is 15. The second kappa shape index (κ2) is 39.4. The van der Waals surface area contributed by atoms with E-state index >= 15 is 4.79 Å². The Bertz CT molecular complexity index is 3050. The standard InChI is InChI=1S/C74H119N11O14/c1-23-47(8)63-67(92)75-40-48(9)68(93)81(18)58(35-45(4)5)65(90)77-56(43-99-74(13,14)15)72(97)83(20)57(34-44(2)3)64(89)76-49(10)69(94)84(21)61(88)39-54(37-52-30-26-24-27-31-52)60(87)42-79(16)41-55(38-53-32-28-25-29-33-53)71(96)82(19)59(36-46(6)7)66(91)78-62(51(12)86)73(98)80(17)50(11)70(95)85(63)22/h24-33,44-51,54-59,62-63,86H,23,34-43H2,1-22H3,(H,75,92)(H,76,89)(H,77,90)(H,78,91)/t47-,48+,49-,50-,51+,54+,55+,56-,57-,58-,59-,62-,63-/m0/s1. The lowest BCUT2D eigenvalue weighted by atomic mass is 9.90. The summed E-state index contributed by atoms with van der Waals surface area (Å²) >= 11 is 0. The van der Waals surface area contributed by atoms with Gasteiger partial charge in [-0.3, -0.25) is 67.3 Å². The van der Waals surface area contributed by atoms with Crippen molar-refractivity contribution >= 4 is 70.8 Å². The second-order valence-electron chi connectivity index (χ2n) is 29.7. The van der Waals surface area contributed by atoms with E-state index < -0.39 is 155 Å². The maximum Gasteiger partial charge on any atom is 0.251 e. The molecule has 25 nitrogen and oxygen atoms in total. The molecule has 0 bridgehead atoms. The first kappa shape index (κ1) is 85.6. The van der Waals surface area contributed by atoms with Crippen molar-refractivity contribution < 1.29 is 67.4 Å². The van der Waals surface area contributed by atoms with Gasteiger partial charge in [0.05, 0.1) is 36.7 Å². The van der Waals surface area contributed by atoms with E-state index in [2.05, 4.69) is 21.3 Å². The zero-order valence-corrected chi connectivity index (χ0v) is 63.2. The Balaban J connectivity index is 2.27. The third kappa shape index (κ3) is 25.8. The molecule has 11 amide bonds. The number of carbonyl (C=O) groups is 12. The fourth-order valence-corrected chi connectivity index (χ4v) is 12.2. The summed E-state index contributed by atoms with van der Waals surface area (Å²) in [7, 11) is 10.0. The van der Waals surface area contributed by atoms with E-state index in [1.165, 1.54) is 82.7 Å². The number of ether oxygens (including phenoxy) is 1. The monoisotopic (exact) mass is 1390 g/mol. The van der Waals surface area contributed by atoms with Gasteiger partial charge in [0, 0.05) is 67.7 Å². The Hall–Kier alpha value is -7.64. The van der Waals surface area contributed by atoms with Gasteiger partial charge >= 0.3 is 0 Å². The smallest absolute Gasteiger partial charge is 0.251 e. The largest absolute Gasteiger partial charge is 0.391 e. The average Bonchev–Trinajstić information content (AvgIpc) is 0.825. The zero-order chi connectivity index (χ0) is 75.2. The van der Waals surface area contributed by atoms with Crippen LogP contribution in [0.5, 0.6) is 0 Å². The molecule has 99 heavy (non-hydrogen) atoms. The minimum absolute atomic E-state index is 0.00530. The van der Waals surface area contributed by atoms with Crippen molar-refractivity contribution in [2.24, 2.45) is 41.4 Å². The van der Waals surface area contributed by atoms with Crippen molar-refractivity contribution in [3.63, 3.8) is 0 Å². The highest BCUT2D eigenvalue weighted by Gasteiger charge is 2.43. The molecule has 1 heterocycles. The van der Waals surface area contributed by atoms with Gasteiger partial charge in [-0.15, -0.1) is 0 Å². The molecule has 0 spiro atoms. The fourth-order valence-electron chi connectivity index (χ4n) is 12.2. The second-order valence-corrected chi connectivity index (χ2v) is 29.7. The zero-order valence-electron chi connectivity index (χ0n) is 63.2. The van der Waals surface area contributed by atoms with Crippen molar-refractivity contribution in [1.29, 1.82) is 0 Å². The van der Waals surface area contributed by atoms with Gasteiger partial charge in [-0.2, -0.15) is 0 Å². The minimum Gasteiger partial charge on any atom is -0.391 e. The van der Waals surface area contributed by atoms with Crippen LogP contribution in [-0.4, -0.2) is 246 Å². The number of ketones is 1. The number of likely N-dealkylation sites (N-methyl/N-ethyl adjacent to an activating group) is 7. The number of benzene rings is 2. The van der Waals surface area contributed by atoms with E-state index in [4.69, 9.17) is 4.74 Å². The Labute approximate surface area is 588 Å². The summed E-state index contributed by atoms with van der Waals surface area (Å²) in [6.07, 6.45) is -0.847. The molecule has 0 radical (unpaired) electrons. The number of amides is 11. The molecule has 1 saturated heterocycles. The number of imide groups is 1. The molecule has 0 saturated carbocycles. The van der Waals surface area contributed by atoms with Gasteiger partial charge < -0.3 is 55.6 Å². The van der Waals surface area contributed by atoms with Gasteiger partial charge in [0.1, 0.15) is 48.3 Å². The Morgan fingerprint density at radius 1 is 0.535 bits per heavy atom. The summed E-state index contributed by atoms with van der Waals surface area (Å²) in [6, 6.07) is 7.94. The first-order chi connectivity index (χ1) is 46.0. The first-order valence-corrected chi connectivity index (χ1v) is 35.0. The SMILES string of the molecule is CC[C@H](C)[C@H]1C(=O)NC[C@@H](C)C(=O)N(C)[C@@H](CC(C)C)C(=O)N[C@@H](COC(C)(C)C)C(=O)N(C)[C@@H](CC(C)C)C(=O)N[C@@H](C)C(=O)N(C)C(=O)C[C@@H](Cc2ccccc2)C(=O)CN(C)C[C@@H](Cc2ccccc2)C(=O)N(C)[C@@H](CC(C)C)C(=O)N[C@@H]([C@@H](C)O)C(=O)N(C)[C@@H](C)C(=O)N1C. The van der Waals surface area contributed by atoms with E-state index in [9.17, 15) is 57.8 Å². The molecule has 1 aliphatic heterocycles. The predicted molar refractivity (Wildman–Crippen MR) is 379 cm³/mol. The van der Waals surface area contributed by atoms with Gasteiger partial charge in [0.25, 0.3) is 5.91 Å². The third-order valence-corrected chi connectivity index (χ3v) is 18.6. The fraction of sp³-hybridized carbons (Fsp3) is 0.676. The molecule has 2 aromatic rings. The maximum atomic E-state index is 15.1. The Morgan fingerprint density at radius 2 is 0.990 bits per heavy atom. The van der Waals surface area contributed by atoms with Crippen molar-refractivity contribution in [3.05, 3.63) is 71.8 Å². The summed E-state index contributed by atoms with van der Waals surface area (Å²) in [6.45, 7) is 25.0. The summed E-state index contributed by atoms with van der Waals surface area (Å²) < 4.78 is 6.12. The molecular formula is C74H119N11O14. The molecule has 13 atom stereocenters. The van der Waals surface area contributed by atoms with Crippen LogP contribution in [0.3, 0.4) is 0 Å². The number of nitrogens with one attached hydrogen (secondary N) is 4. The van der Waals surface area contributed by atoms with Crippen LogP contribution in [0.25, 0.3) is 0 Å². The van der Waals surface area contributed by atoms with Crippen LogP contribution in [0, 0.1) is 41.4 Å². The molecule has 0 aromatic heterocycles. The highest BCUT2D eigenvalue weighted by molar-refractivity contribution is 6.02. The number of rotatable bonds is 15. The van der Waals surface area contributed by atoms with Gasteiger partial charge in [-0.05, 0) is 115 Å². The molecular weight excluding hydrogens is 1270 g/mol. The van der Waals surface area contributed by atoms with Crippen LogP contribution in [0.1, 0.15) is 147 Å². The molecule has 3 rings (SSSR count).